The van der Waals surface area contributed by atoms with Crippen molar-refractivity contribution in [3.05, 3.63) is 46.0 Å². The van der Waals surface area contributed by atoms with Crippen molar-refractivity contribution in [1.82, 2.24) is 19.8 Å². The molecule has 0 aliphatic heterocycles. The largest absolute Gasteiger partial charge is 0.317 e. The van der Waals surface area contributed by atoms with Crippen molar-refractivity contribution in [2.45, 2.75) is 13.0 Å². The topological polar surface area (TPSA) is 69.1 Å². The van der Waals surface area contributed by atoms with Crippen LogP contribution in [0.25, 0.3) is 5.65 Å². The van der Waals surface area contributed by atoms with E-state index in [1.54, 1.807) is 15.9 Å². The average molecular weight is 245 g/mol. The van der Waals surface area contributed by atoms with Crippen LogP contribution in [0.1, 0.15) is 22.4 Å². The molecule has 6 heteroatoms. The van der Waals surface area contributed by atoms with Gasteiger partial charge >= 0.3 is 0 Å². The molecule has 0 aliphatic carbocycles. The summed E-state index contributed by atoms with van der Waals surface area (Å²) in [4.78, 5) is 1.06. The zero-order valence-corrected chi connectivity index (χ0v) is 10.1. The lowest BCUT2D eigenvalue weighted by molar-refractivity contribution is 0.730. The Morgan fingerprint density at radius 2 is 2.18 bits per heavy atom. The number of nitrogens with two attached hydrogens (primary N) is 1. The first-order chi connectivity index (χ1) is 8.25. The maximum atomic E-state index is 6.17. The van der Waals surface area contributed by atoms with Crippen LogP contribution in [0.15, 0.2) is 29.6 Å². The van der Waals surface area contributed by atoms with Gasteiger partial charge in [0.05, 0.1) is 5.69 Å². The number of aromatic nitrogens is 4. The van der Waals surface area contributed by atoms with E-state index < -0.39 is 0 Å². The summed E-state index contributed by atoms with van der Waals surface area (Å²) in [7, 11) is 0. The molecule has 0 fully saturated rings. The maximum absolute atomic E-state index is 6.17. The molecule has 0 aromatic carbocycles. The Balaban J connectivity index is 2.14. The molecule has 3 aromatic rings. The molecule has 3 aromatic heterocycles. The third-order valence-electron chi connectivity index (χ3n) is 2.55. The number of hydrogen-bond acceptors (Lipinski definition) is 5. The molecule has 0 saturated heterocycles. The first kappa shape index (κ1) is 10.4. The second-order valence-electron chi connectivity index (χ2n) is 3.80. The summed E-state index contributed by atoms with van der Waals surface area (Å²) in [6, 6.07) is 7.48. The van der Waals surface area contributed by atoms with Crippen LogP contribution in [-0.4, -0.2) is 19.8 Å². The third kappa shape index (κ3) is 1.71. The van der Waals surface area contributed by atoms with Crippen molar-refractivity contribution >= 4 is 17.0 Å². The van der Waals surface area contributed by atoms with Crippen LogP contribution < -0.4 is 5.73 Å². The van der Waals surface area contributed by atoms with Gasteiger partial charge in [-0.15, -0.1) is 21.5 Å². The fourth-order valence-electron chi connectivity index (χ4n) is 1.69. The second kappa shape index (κ2) is 3.90. The molecular weight excluding hydrogens is 234 g/mol. The molecular formula is C11H11N5S. The zero-order chi connectivity index (χ0) is 11.8. The monoisotopic (exact) mass is 245 g/mol. The van der Waals surface area contributed by atoms with Gasteiger partial charge in [0.1, 0.15) is 6.04 Å². The van der Waals surface area contributed by atoms with E-state index in [0.29, 0.717) is 5.82 Å². The highest BCUT2D eigenvalue weighted by atomic mass is 32.1. The number of hydrogen-bond donors (Lipinski definition) is 1. The van der Waals surface area contributed by atoms with Gasteiger partial charge in [0.15, 0.2) is 11.5 Å². The molecule has 0 aliphatic rings. The summed E-state index contributed by atoms with van der Waals surface area (Å²) in [6.07, 6.45) is 0. The van der Waals surface area contributed by atoms with Crippen LogP contribution >= 0.6 is 11.3 Å². The number of rotatable bonds is 2. The van der Waals surface area contributed by atoms with E-state index in [1.165, 1.54) is 0 Å². The summed E-state index contributed by atoms with van der Waals surface area (Å²) in [5.74, 6) is 0.672. The van der Waals surface area contributed by atoms with Crippen molar-refractivity contribution in [2.75, 3.05) is 0 Å². The van der Waals surface area contributed by atoms with E-state index in [4.69, 9.17) is 5.73 Å². The zero-order valence-electron chi connectivity index (χ0n) is 9.24. The van der Waals surface area contributed by atoms with E-state index in [9.17, 15) is 0 Å². The smallest absolute Gasteiger partial charge is 0.178 e. The van der Waals surface area contributed by atoms with Gasteiger partial charge in [0.2, 0.25) is 0 Å². The number of nitrogens with zero attached hydrogens (tertiary/aromatic N) is 4. The maximum Gasteiger partial charge on any atom is 0.178 e. The Kier molecular flexibility index (Phi) is 2.38. The van der Waals surface area contributed by atoms with E-state index >= 15 is 0 Å². The Labute approximate surface area is 102 Å². The quantitative estimate of drug-likeness (QED) is 0.743. The lowest BCUT2D eigenvalue weighted by atomic mass is 10.2. The number of thiophene rings is 1. The summed E-state index contributed by atoms with van der Waals surface area (Å²) < 4.78 is 1.71. The van der Waals surface area contributed by atoms with Crippen LogP contribution in [0, 0.1) is 6.92 Å². The average Bonchev–Trinajstić information content (AvgIpc) is 2.97. The van der Waals surface area contributed by atoms with Crippen molar-refractivity contribution in [3.8, 4) is 0 Å². The van der Waals surface area contributed by atoms with Crippen LogP contribution in [0.4, 0.5) is 0 Å². The highest BCUT2D eigenvalue weighted by molar-refractivity contribution is 7.10. The van der Waals surface area contributed by atoms with Crippen LogP contribution in [0.5, 0.6) is 0 Å². The Morgan fingerprint density at radius 1 is 1.29 bits per heavy atom. The summed E-state index contributed by atoms with van der Waals surface area (Å²) in [5, 5.41) is 14.6. The van der Waals surface area contributed by atoms with Gasteiger partial charge in [0.25, 0.3) is 0 Å². The molecule has 17 heavy (non-hydrogen) atoms. The van der Waals surface area contributed by atoms with Crippen LogP contribution in [0.2, 0.25) is 0 Å². The van der Waals surface area contributed by atoms with Crippen molar-refractivity contribution in [3.63, 3.8) is 0 Å². The summed E-state index contributed by atoms with van der Waals surface area (Å²) in [6.45, 7) is 1.93. The molecule has 5 nitrogen and oxygen atoms in total. The van der Waals surface area contributed by atoms with Crippen LogP contribution in [-0.2, 0) is 0 Å². The highest BCUT2D eigenvalue weighted by Gasteiger charge is 2.17. The minimum Gasteiger partial charge on any atom is -0.317 e. The SMILES string of the molecule is Cc1ccc2nnc(C(N)c3cccs3)n2n1. The first-order valence-corrected chi connectivity index (χ1v) is 6.11. The predicted octanol–water partition coefficient (Wildman–Crippen LogP) is 1.54. The molecule has 0 saturated carbocycles. The minimum atomic E-state index is -0.278. The van der Waals surface area contributed by atoms with Crippen molar-refractivity contribution in [1.29, 1.82) is 0 Å². The van der Waals surface area contributed by atoms with Gasteiger partial charge in [-0.25, -0.2) is 0 Å². The molecule has 0 amide bonds. The van der Waals surface area contributed by atoms with E-state index in [-0.39, 0.29) is 6.04 Å². The normalized spacial score (nSPS) is 13.1. The van der Waals surface area contributed by atoms with Gasteiger partial charge < -0.3 is 5.73 Å². The number of fused-ring (bicyclic) bond motifs is 1. The van der Waals surface area contributed by atoms with Gasteiger partial charge in [-0.2, -0.15) is 9.61 Å². The van der Waals surface area contributed by atoms with Gasteiger partial charge in [0, 0.05) is 4.88 Å². The highest BCUT2D eigenvalue weighted by Crippen LogP contribution is 2.22. The molecule has 3 rings (SSSR count). The van der Waals surface area contributed by atoms with Crippen LogP contribution in [0.3, 0.4) is 0 Å². The van der Waals surface area contributed by atoms with Gasteiger partial charge in [-0.1, -0.05) is 6.07 Å². The molecule has 1 atom stereocenters. The summed E-state index contributed by atoms with van der Waals surface area (Å²) in [5.41, 5.74) is 7.80. The molecule has 1 unspecified atom stereocenters. The van der Waals surface area contributed by atoms with E-state index in [1.807, 2.05) is 36.6 Å². The standard InChI is InChI=1S/C11H11N5S/c1-7-4-5-9-13-14-11(16(9)15-7)10(12)8-3-2-6-17-8/h2-6,10H,12H2,1H3. The van der Waals surface area contributed by atoms with Crippen molar-refractivity contribution < 1.29 is 0 Å². The van der Waals surface area contributed by atoms with E-state index in [0.717, 1.165) is 16.2 Å². The third-order valence-corrected chi connectivity index (χ3v) is 3.50. The summed E-state index contributed by atoms with van der Waals surface area (Å²) >= 11 is 1.61. The Bertz CT molecular complexity index is 643. The van der Waals surface area contributed by atoms with Crippen molar-refractivity contribution in [2.24, 2.45) is 5.73 Å². The lowest BCUT2D eigenvalue weighted by Gasteiger charge is -2.06. The van der Waals surface area contributed by atoms with E-state index in [2.05, 4.69) is 15.3 Å². The lowest BCUT2D eigenvalue weighted by Crippen LogP contribution is -2.15. The molecule has 3 heterocycles. The molecule has 86 valence electrons. The minimum absolute atomic E-state index is 0.278. The fraction of sp³-hybridized carbons (Fsp3) is 0.182. The first-order valence-electron chi connectivity index (χ1n) is 5.23. The molecule has 2 N–H and O–H groups in total. The fourth-order valence-corrected chi connectivity index (χ4v) is 2.41. The number of aryl methyl sites for hydroxylation is 1. The molecule has 0 bridgehead atoms. The predicted molar refractivity (Wildman–Crippen MR) is 65.9 cm³/mol. The second-order valence-corrected chi connectivity index (χ2v) is 4.78. The Morgan fingerprint density at radius 3 is 2.94 bits per heavy atom. The van der Waals surface area contributed by atoms with Gasteiger partial charge in [-0.05, 0) is 30.5 Å². The Hall–Kier alpha value is -1.79. The molecule has 0 radical (unpaired) electrons. The molecule has 0 spiro atoms. The van der Waals surface area contributed by atoms with Gasteiger partial charge in [-0.3, -0.25) is 0 Å².